The second-order valence-electron chi connectivity index (χ2n) is 8.45. The van der Waals surface area contributed by atoms with Gasteiger partial charge in [-0.05, 0) is 75.4 Å². The largest absolute Gasteiger partial charge is 0.369 e. The fraction of sp³-hybridized carbons (Fsp3) is 0.435. The van der Waals surface area contributed by atoms with Crippen molar-refractivity contribution in [2.45, 2.75) is 23.8 Å². The predicted molar refractivity (Wildman–Crippen MR) is 122 cm³/mol. The SMILES string of the molecule is CN1CCC(NC(=O)c2cccc(S(=O)(=O)N3CCN(c4ccc(F)cc4)CC3)c2)CC1. The van der Waals surface area contributed by atoms with Gasteiger partial charge in [0, 0.05) is 43.5 Å². The van der Waals surface area contributed by atoms with E-state index >= 15 is 0 Å². The van der Waals surface area contributed by atoms with Crippen molar-refractivity contribution in [1.29, 1.82) is 0 Å². The number of amides is 1. The first kappa shape index (κ1) is 22.7. The zero-order valence-electron chi connectivity index (χ0n) is 18.2. The van der Waals surface area contributed by atoms with E-state index in [1.807, 2.05) is 4.90 Å². The van der Waals surface area contributed by atoms with E-state index < -0.39 is 10.0 Å². The topological polar surface area (TPSA) is 73.0 Å². The lowest BCUT2D eigenvalue weighted by atomic mass is 10.0. The normalized spacial score (nSPS) is 19.1. The van der Waals surface area contributed by atoms with Crippen molar-refractivity contribution in [2.24, 2.45) is 0 Å². The number of piperidine rings is 1. The maximum Gasteiger partial charge on any atom is 0.251 e. The van der Waals surface area contributed by atoms with Crippen LogP contribution in [0.3, 0.4) is 0 Å². The van der Waals surface area contributed by atoms with Crippen molar-refractivity contribution in [3.8, 4) is 0 Å². The Kier molecular flexibility index (Phi) is 6.78. The third-order valence-electron chi connectivity index (χ3n) is 6.22. The van der Waals surface area contributed by atoms with Gasteiger partial charge in [0.15, 0.2) is 0 Å². The van der Waals surface area contributed by atoms with E-state index in [0.717, 1.165) is 31.6 Å². The van der Waals surface area contributed by atoms with Crippen LogP contribution in [0, 0.1) is 5.82 Å². The van der Waals surface area contributed by atoms with Crippen LogP contribution in [0.15, 0.2) is 53.4 Å². The Morgan fingerprint density at radius 3 is 2.28 bits per heavy atom. The summed E-state index contributed by atoms with van der Waals surface area (Å²) in [6, 6.07) is 12.6. The zero-order chi connectivity index (χ0) is 22.7. The molecule has 2 saturated heterocycles. The lowest BCUT2D eigenvalue weighted by Crippen LogP contribution is -2.48. The molecule has 2 aliphatic heterocycles. The molecule has 0 aromatic heterocycles. The van der Waals surface area contributed by atoms with Gasteiger partial charge in [0.25, 0.3) is 5.91 Å². The number of hydrogen-bond acceptors (Lipinski definition) is 5. The van der Waals surface area contributed by atoms with Crippen LogP contribution in [0.4, 0.5) is 10.1 Å². The molecule has 2 heterocycles. The highest BCUT2D eigenvalue weighted by molar-refractivity contribution is 7.89. The molecule has 2 aromatic rings. The van der Waals surface area contributed by atoms with Gasteiger partial charge in [-0.2, -0.15) is 4.31 Å². The summed E-state index contributed by atoms with van der Waals surface area (Å²) in [5, 5.41) is 3.03. The fourth-order valence-electron chi connectivity index (χ4n) is 4.21. The number of likely N-dealkylation sites (tertiary alicyclic amines) is 1. The summed E-state index contributed by atoms with van der Waals surface area (Å²) in [7, 11) is -1.65. The summed E-state index contributed by atoms with van der Waals surface area (Å²) < 4.78 is 41.0. The smallest absolute Gasteiger partial charge is 0.251 e. The summed E-state index contributed by atoms with van der Waals surface area (Å²) in [4.78, 5) is 17.1. The van der Waals surface area contributed by atoms with Crippen molar-refractivity contribution in [3.05, 3.63) is 59.9 Å². The number of carbonyl (C=O) groups excluding carboxylic acids is 1. The van der Waals surface area contributed by atoms with Crippen molar-refractivity contribution < 1.29 is 17.6 Å². The molecular formula is C23H29FN4O3S. The first-order valence-corrected chi connectivity index (χ1v) is 12.4. The van der Waals surface area contributed by atoms with E-state index in [4.69, 9.17) is 0 Å². The second-order valence-corrected chi connectivity index (χ2v) is 10.4. The van der Waals surface area contributed by atoms with E-state index in [0.29, 0.717) is 31.7 Å². The minimum Gasteiger partial charge on any atom is -0.369 e. The molecule has 0 radical (unpaired) electrons. The van der Waals surface area contributed by atoms with E-state index in [-0.39, 0.29) is 22.7 Å². The molecule has 0 saturated carbocycles. The summed E-state index contributed by atoms with van der Waals surface area (Å²) in [6.07, 6.45) is 1.77. The molecule has 2 aromatic carbocycles. The highest BCUT2D eigenvalue weighted by Gasteiger charge is 2.29. The third-order valence-corrected chi connectivity index (χ3v) is 8.11. The maximum atomic E-state index is 13.2. The van der Waals surface area contributed by atoms with Gasteiger partial charge in [-0.25, -0.2) is 12.8 Å². The van der Waals surface area contributed by atoms with E-state index in [1.54, 1.807) is 24.3 Å². The zero-order valence-corrected chi connectivity index (χ0v) is 19.0. The predicted octanol–water partition coefficient (Wildman–Crippen LogP) is 2.16. The highest BCUT2D eigenvalue weighted by Crippen LogP contribution is 2.22. The number of halogens is 1. The molecule has 7 nitrogen and oxygen atoms in total. The molecule has 1 amide bonds. The van der Waals surface area contributed by atoms with Crippen LogP contribution in [0.25, 0.3) is 0 Å². The number of piperazine rings is 1. The van der Waals surface area contributed by atoms with Crippen LogP contribution in [-0.2, 0) is 10.0 Å². The number of carbonyl (C=O) groups is 1. The number of anilines is 1. The molecule has 9 heteroatoms. The lowest BCUT2D eigenvalue weighted by molar-refractivity contribution is 0.0916. The Labute approximate surface area is 188 Å². The quantitative estimate of drug-likeness (QED) is 0.740. The van der Waals surface area contributed by atoms with E-state index in [1.165, 1.54) is 28.6 Å². The van der Waals surface area contributed by atoms with Gasteiger partial charge in [0.1, 0.15) is 5.82 Å². The van der Waals surface area contributed by atoms with Gasteiger partial charge < -0.3 is 15.1 Å². The van der Waals surface area contributed by atoms with Gasteiger partial charge in [-0.15, -0.1) is 0 Å². The molecule has 0 aliphatic carbocycles. The number of benzene rings is 2. The van der Waals surface area contributed by atoms with Crippen LogP contribution >= 0.6 is 0 Å². The average molecular weight is 461 g/mol. The first-order valence-electron chi connectivity index (χ1n) is 10.9. The van der Waals surface area contributed by atoms with Crippen LogP contribution < -0.4 is 10.2 Å². The summed E-state index contributed by atoms with van der Waals surface area (Å²) in [6.45, 7) is 3.55. The first-order chi connectivity index (χ1) is 15.3. The highest BCUT2D eigenvalue weighted by atomic mass is 32.2. The Morgan fingerprint density at radius 2 is 1.62 bits per heavy atom. The molecule has 32 heavy (non-hydrogen) atoms. The van der Waals surface area contributed by atoms with Crippen molar-refractivity contribution in [3.63, 3.8) is 0 Å². The number of nitrogens with zero attached hydrogens (tertiary/aromatic N) is 3. The lowest BCUT2D eigenvalue weighted by Gasteiger charge is -2.35. The van der Waals surface area contributed by atoms with E-state index in [2.05, 4.69) is 17.3 Å². The molecule has 2 aliphatic rings. The Balaban J connectivity index is 1.40. The molecule has 4 rings (SSSR count). The van der Waals surface area contributed by atoms with Crippen LogP contribution in [0.2, 0.25) is 0 Å². The van der Waals surface area contributed by atoms with Crippen LogP contribution in [-0.4, -0.2) is 75.9 Å². The minimum absolute atomic E-state index is 0.110. The van der Waals surface area contributed by atoms with Crippen molar-refractivity contribution in [1.82, 2.24) is 14.5 Å². The standard InChI is InChI=1S/C23H29FN4O3S/c1-26-11-9-20(10-12-26)25-23(29)18-3-2-4-22(17-18)32(30,31)28-15-13-27(14-16-28)21-7-5-19(24)6-8-21/h2-8,17,20H,9-16H2,1H3,(H,25,29). The molecule has 2 fully saturated rings. The molecule has 0 atom stereocenters. The van der Waals surface area contributed by atoms with Crippen molar-refractivity contribution >= 4 is 21.6 Å². The minimum atomic E-state index is -3.71. The van der Waals surface area contributed by atoms with Crippen LogP contribution in [0.5, 0.6) is 0 Å². The molecule has 0 bridgehead atoms. The maximum absolute atomic E-state index is 13.2. The monoisotopic (exact) mass is 460 g/mol. The van der Waals surface area contributed by atoms with Gasteiger partial charge >= 0.3 is 0 Å². The number of nitrogens with one attached hydrogen (secondary N) is 1. The summed E-state index contributed by atoms with van der Waals surface area (Å²) in [5.74, 6) is -0.535. The third kappa shape index (κ3) is 5.11. The molecule has 0 unspecified atom stereocenters. The fourth-order valence-corrected chi connectivity index (χ4v) is 5.68. The Bertz CT molecular complexity index is 1050. The van der Waals surface area contributed by atoms with Gasteiger partial charge in [-0.1, -0.05) is 6.07 Å². The van der Waals surface area contributed by atoms with Gasteiger partial charge in [0.2, 0.25) is 10.0 Å². The molecule has 172 valence electrons. The summed E-state index contributed by atoms with van der Waals surface area (Å²) in [5.41, 5.74) is 1.23. The number of rotatable bonds is 5. The second kappa shape index (κ2) is 9.56. The van der Waals surface area contributed by atoms with Gasteiger partial charge in [0.05, 0.1) is 4.90 Å². The molecular weight excluding hydrogens is 431 g/mol. The van der Waals surface area contributed by atoms with Crippen LogP contribution in [0.1, 0.15) is 23.2 Å². The number of hydrogen-bond donors (Lipinski definition) is 1. The Morgan fingerprint density at radius 1 is 0.969 bits per heavy atom. The average Bonchev–Trinajstić information content (AvgIpc) is 2.81. The number of sulfonamides is 1. The summed E-state index contributed by atoms with van der Waals surface area (Å²) >= 11 is 0. The van der Waals surface area contributed by atoms with Gasteiger partial charge in [-0.3, -0.25) is 4.79 Å². The molecule has 0 spiro atoms. The Hall–Kier alpha value is -2.49. The van der Waals surface area contributed by atoms with Crippen molar-refractivity contribution in [2.75, 3.05) is 51.2 Å². The van der Waals surface area contributed by atoms with E-state index in [9.17, 15) is 17.6 Å². The molecule has 1 N–H and O–H groups in total.